The van der Waals surface area contributed by atoms with Crippen LogP contribution in [0, 0.1) is 0 Å². The van der Waals surface area contributed by atoms with Crippen molar-refractivity contribution in [3.8, 4) is 0 Å². The van der Waals surface area contributed by atoms with Crippen LogP contribution in [0.25, 0.3) is 0 Å². The second-order valence-electron chi connectivity index (χ2n) is 1.45. The Bertz CT molecular complexity index is 145. The molecule has 0 aliphatic carbocycles. The van der Waals surface area contributed by atoms with Gasteiger partial charge in [-0.15, -0.1) is 0 Å². The summed E-state index contributed by atoms with van der Waals surface area (Å²) in [5, 5.41) is 15.0. The van der Waals surface area contributed by atoms with Crippen LogP contribution in [0.3, 0.4) is 0 Å². The number of carbonyl (C=O) groups is 2. The van der Waals surface area contributed by atoms with Gasteiger partial charge in [-0.2, -0.15) is 12.6 Å². The van der Waals surface area contributed by atoms with E-state index in [1.165, 1.54) is 0 Å². The van der Waals surface area contributed by atoms with E-state index in [4.69, 9.17) is 10.2 Å². The van der Waals surface area contributed by atoms with Gasteiger partial charge in [-0.05, 0) is 0 Å². The minimum absolute atomic E-state index is 0. The van der Waals surface area contributed by atoms with Crippen molar-refractivity contribution in [3.05, 3.63) is 0 Å². The van der Waals surface area contributed by atoms with E-state index in [-0.39, 0.29) is 81.5 Å². The molecular formula is C4H6AuNa2O4S. The maximum Gasteiger partial charge on any atom is 0.316 e. The van der Waals surface area contributed by atoms with Gasteiger partial charge < -0.3 is 10.2 Å². The molecule has 0 saturated heterocycles. The third-order valence-electron chi connectivity index (χ3n) is 0.653. The van der Waals surface area contributed by atoms with Crippen LogP contribution < -0.4 is 0 Å². The molecule has 0 amide bonds. The zero-order chi connectivity index (χ0) is 7.44. The average molecular weight is 393 g/mol. The van der Waals surface area contributed by atoms with Gasteiger partial charge in [0.1, 0.15) is 5.25 Å². The summed E-state index contributed by atoms with van der Waals surface area (Å²) in [4.78, 5) is 19.7. The van der Waals surface area contributed by atoms with Crippen molar-refractivity contribution in [2.75, 3.05) is 0 Å². The zero-order valence-corrected chi connectivity index (χ0v) is 13.8. The Morgan fingerprint density at radius 1 is 1.25 bits per heavy atom. The fourth-order valence-corrected chi connectivity index (χ4v) is 0.409. The molecule has 0 spiro atoms. The van der Waals surface area contributed by atoms with Crippen molar-refractivity contribution in [1.29, 1.82) is 0 Å². The molecule has 0 aromatic carbocycles. The Kier molecular flexibility index (Phi) is 25.7. The largest absolute Gasteiger partial charge is 0.481 e. The molecule has 3 radical (unpaired) electrons. The molecule has 0 bridgehead atoms. The van der Waals surface area contributed by atoms with Crippen molar-refractivity contribution in [2.24, 2.45) is 0 Å². The molecule has 1 unspecified atom stereocenters. The zero-order valence-electron chi connectivity index (χ0n) is 6.74. The summed E-state index contributed by atoms with van der Waals surface area (Å²) in [6.45, 7) is 0. The monoisotopic (exact) mass is 393 g/mol. The molecule has 8 heteroatoms. The number of thiol groups is 1. The van der Waals surface area contributed by atoms with E-state index in [2.05, 4.69) is 12.6 Å². The van der Waals surface area contributed by atoms with Crippen molar-refractivity contribution in [1.82, 2.24) is 0 Å². The number of carboxylic acids is 2. The second kappa shape index (κ2) is 13.0. The minimum Gasteiger partial charge on any atom is -0.481 e. The number of aliphatic carboxylic acids is 2. The van der Waals surface area contributed by atoms with Crippen LogP contribution in [0.2, 0.25) is 0 Å². The van der Waals surface area contributed by atoms with Crippen molar-refractivity contribution < 1.29 is 42.2 Å². The molecule has 0 aliphatic heterocycles. The van der Waals surface area contributed by atoms with Gasteiger partial charge in [0.25, 0.3) is 0 Å². The van der Waals surface area contributed by atoms with E-state index in [0.717, 1.165) is 0 Å². The molecule has 1 atom stereocenters. The van der Waals surface area contributed by atoms with Crippen molar-refractivity contribution in [2.45, 2.75) is 11.7 Å². The molecule has 0 rings (SSSR count). The summed E-state index contributed by atoms with van der Waals surface area (Å²) in [7, 11) is 0. The molecule has 0 aromatic rings. The molecule has 4 nitrogen and oxygen atoms in total. The van der Waals surface area contributed by atoms with Gasteiger partial charge in [-0.3, -0.25) is 9.59 Å². The van der Waals surface area contributed by atoms with Crippen LogP contribution in [-0.4, -0.2) is 86.5 Å². The van der Waals surface area contributed by atoms with E-state index in [0.29, 0.717) is 0 Å². The third kappa shape index (κ3) is 14.5. The standard InChI is InChI=1S/C4H6O4S.Au.2Na/c5-3(6)1-2(9)4(7)8;;;/h2,9H,1H2,(H,5,6)(H,7,8);;;. The smallest absolute Gasteiger partial charge is 0.316 e. The van der Waals surface area contributed by atoms with Gasteiger partial charge in [-0.1, -0.05) is 0 Å². The van der Waals surface area contributed by atoms with E-state index >= 15 is 0 Å². The molecule has 2 N–H and O–H groups in total. The number of carboxylic acid groups (broad SMARTS) is 2. The fraction of sp³-hybridized carbons (Fsp3) is 0.500. The molecule has 12 heavy (non-hydrogen) atoms. The van der Waals surface area contributed by atoms with Gasteiger partial charge in [-0.25, -0.2) is 0 Å². The Morgan fingerprint density at radius 2 is 1.58 bits per heavy atom. The minimum atomic E-state index is -1.21. The Hall–Kier alpha value is 2.03. The van der Waals surface area contributed by atoms with Crippen molar-refractivity contribution >= 4 is 83.7 Å². The molecule has 0 heterocycles. The first-order valence-corrected chi connectivity index (χ1v) is 2.68. The van der Waals surface area contributed by atoms with Crippen LogP contribution in [0.4, 0.5) is 0 Å². The summed E-state index contributed by atoms with van der Waals surface area (Å²) in [6.07, 6.45) is -0.446. The second-order valence-corrected chi connectivity index (χ2v) is 2.08. The third-order valence-corrected chi connectivity index (χ3v) is 1.06. The van der Waals surface area contributed by atoms with Crippen LogP contribution in [0.1, 0.15) is 6.42 Å². The predicted octanol–water partition coefficient (Wildman–Crippen LogP) is -0.920. The molecule has 0 aromatic heterocycles. The molecule has 0 aliphatic rings. The Balaban J connectivity index is -0.000000107. The Morgan fingerprint density at radius 3 is 1.67 bits per heavy atom. The fourth-order valence-electron chi connectivity index (χ4n) is 0.253. The van der Waals surface area contributed by atoms with Crippen LogP contribution in [0.5, 0.6) is 0 Å². The van der Waals surface area contributed by atoms with Gasteiger partial charge >= 0.3 is 11.9 Å². The van der Waals surface area contributed by atoms with Crippen LogP contribution >= 0.6 is 12.6 Å². The number of hydrogen-bond acceptors (Lipinski definition) is 3. The molecule has 0 fully saturated rings. The van der Waals surface area contributed by atoms with Gasteiger partial charge in [0.05, 0.1) is 6.42 Å². The van der Waals surface area contributed by atoms with Gasteiger partial charge in [0.2, 0.25) is 0 Å². The predicted molar refractivity (Wildman–Crippen MR) is 44.2 cm³/mol. The van der Waals surface area contributed by atoms with Crippen LogP contribution in [-0.2, 0) is 32.0 Å². The van der Waals surface area contributed by atoms with E-state index in [9.17, 15) is 9.59 Å². The van der Waals surface area contributed by atoms with Crippen molar-refractivity contribution in [3.63, 3.8) is 0 Å². The molecule has 0 saturated carbocycles. The average Bonchev–Trinajstić information content (AvgIpc) is 1.63. The first-order chi connectivity index (χ1) is 4.04. The van der Waals surface area contributed by atoms with E-state index < -0.39 is 23.6 Å². The topological polar surface area (TPSA) is 74.6 Å². The first-order valence-electron chi connectivity index (χ1n) is 2.16. The van der Waals surface area contributed by atoms with Gasteiger partial charge in [0.15, 0.2) is 0 Å². The number of hydrogen-bond donors (Lipinski definition) is 3. The SMILES string of the molecule is O=C(O)CC(S)C(=O)O.[Au].[Na].[Na]. The summed E-state index contributed by atoms with van der Waals surface area (Å²) in [5.74, 6) is -2.36. The summed E-state index contributed by atoms with van der Waals surface area (Å²) >= 11 is 3.48. The van der Waals surface area contributed by atoms with Gasteiger partial charge in [0, 0.05) is 81.5 Å². The Labute approximate surface area is 135 Å². The maximum absolute atomic E-state index is 9.90. The molecule has 65 valence electrons. The molecular weight excluding hydrogens is 387 g/mol. The summed E-state index contributed by atoms with van der Waals surface area (Å²) in [6, 6.07) is 0. The van der Waals surface area contributed by atoms with Crippen LogP contribution in [0.15, 0.2) is 0 Å². The maximum atomic E-state index is 9.90. The number of rotatable bonds is 3. The van der Waals surface area contributed by atoms with E-state index in [1.807, 2.05) is 0 Å². The summed E-state index contributed by atoms with van der Waals surface area (Å²) in [5.41, 5.74) is 0. The summed E-state index contributed by atoms with van der Waals surface area (Å²) < 4.78 is 0. The quantitative estimate of drug-likeness (QED) is 0.429. The van der Waals surface area contributed by atoms with E-state index in [1.54, 1.807) is 0 Å². The first kappa shape index (κ1) is 23.7. The normalized spacial score (nSPS) is 9.42.